The Morgan fingerprint density at radius 1 is 0.926 bits per heavy atom. The van der Waals surface area contributed by atoms with Crippen molar-refractivity contribution >= 4 is 9.84 Å². The zero-order valence-electron chi connectivity index (χ0n) is 16.6. The van der Waals surface area contributed by atoms with Gasteiger partial charge in [-0.15, -0.1) is 0 Å². The van der Waals surface area contributed by atoms with Crippen LogP contribution in [0.15, 0.2) is 48.5 Å². The van der Waals surface area contributed by atoms with E-state index < -0.39 is 14.6 Å². The highest BCUT2D eigenvalue weighted by Gasteiger charge is 2.28. The van der Waals surface area contributed by atoms with E-state index in [1.54, 1.807) is 20.8 Å². The molecule has 0 saturated heterocycles. The highest BCUT2D eigenvalue weighted by molar-refractivity contribution is 7.91. The van der Waals surface area contributed by atoms with Crippen molar-refractivity contribution in [3.63, 3.8) is 0 Å². The minimum absolute atomic E-state index is 0.0944. The molecule has 0 heterocycles. The van der Waals surface area contributed by atoms with Crippen LogP contribution < -0.4 is 4.74 Å². The molecule has 1 fully saturated rings. The van der Waals surface area contributed by atoms with Crippen LogP contribution in [0.25, 0.3) is 0 Å². The van der Waals surface area contributed by atoms with Crippen molar-refractivity contribution in [1.29, 1.82) is 0 Å². The van der Waals surface area contributed by atoms with Gasteiger partial charge in [0.1, 0.15) is 5.75 Å². The lowest BCUT2D eigenvalue weighted by molar-refractivity contribution is 0.299. The Labute approximate surface area is 163 Å². The Morgan fingerprint density at radius 2 is 1.56 bits per heavy atom. The minimum Gasteiger partial charge on any atom is -0.493 e. The van der Waals surface area contributed by atoms with Gasteiger partial charge in [-0.05, 0) is 81.2 Å². The van der Waals surface area contributed by atoms with Gasteiger partial charge >= 0.3 is 0 Å². The summed E-state index contributed by atoms with van der Waals surface area (Å²) in [6.07, 6.45) is 4.47. The van der Waals surface area contributed by atoms with Crippen LogP contribution in [-0.4, -0.2) is 19.8 Å². The molecule has 0 amide bonds. The Balaban J connectivity index is 1.55. The van der Waals surface area contributed by atoms with Gasteiger partial charge in [-0.2, -0.15) is 0 Å². The first-order chi connectivity index (χ1) is 12.7. The van der Waals surface area contributed by atoms with Gasteiger partial charge in [0.05, 0.1) is 17.1 Å². The van der Waals surface area contributed by atoms with Gasteiger partial charge in [-0.25, -0.2) is 8.42 Å². The van der Waals surface area contributed by atoms with Crippen LogP contribution in [0, 0.1) is 5.92 Å². The number of rotatable bonds is 8. The van der Waals surface area contributed by atoms with E-state index in [2.05, 4.69) is 18.2 Å². The molecule has 3 rings (SSSR count). The van der Waals surface area contributed by atoms with Crippen LogP contribution in [0.5, 0.6) is 5.75 Å². The smallest absolute Gasteiger partial charge is 0.159 e. The normalized spacial score (nSPS) is 14.9. The van der Waals surface area contributed by atoms with Crippen LogP contribution >= 0.6 is 0 Å². The quantitative estimate of drug-likeness (QED) is 0.643. The number of sulfone groups is 1. The maximum absolute atomic E-state index is 12.3. The molecule has 0 spiro atoms. The van der Waals surface area contributed by atoms with Crippen molar-refractivity contribution in [2.75, 3.05) is 6.61 Å². The van der Waals surface area contributed by atoms with Gasteiger partial charge in [0.25, 0.3) is 0 Å². The van der Waals surface area contributed by atoms with Crippen molar-refractivity contribution < 1.29 is 13.2 Å². The zero-order chi connectivity index (χ0) is 19.5. The van der Waals surface area contributed by atoms with Crippen molar-refractivity contribution in [3.8, 4) is 5.75 Å². The lowest BCUT2D eigenvalue weighted by Crippen LogP contribution is -2.29. The van der Waals surface area contributed by atoms with Gasteiger partial charge in [0, 0.05) is 0 Å². The van der Waals surface area contributed by atoms with E-state index in [9.17, 15) is 8.42 Å². The minimum atomic E-state index is -3.14. The average Bonchev–Trinajstić information content (AvgIpc) is 3.43. The van der Waals surface area contributed by atoms with E-state index >= 15 is 0 Å². The van der Waals surface area contributed by atoms with Gasteiger partial charge in [0.2, 0.25) is 0 Å². The Bertz CT molecular complexity index is 857. The summed E-state index contributed by atoms with van der Waals surface area (Å²) in [5.74, 6) is 1.81. The molecule has 2 aromatic carbocycles. The predicted octanol–water partition coefficient (Wildman–Crippen LogP) is 4.97. The molecule has 4 heteroatoms. The maximum Gasteiger partial charge on any atom is 0.159 e. The first-order valence-corrected chi connectivity index (χ1v) is 11.4. The van der Waals surface area contributed by atoms with Gasteiger partial charge in [-0.3, -0.25) is 0 Å². The molecule has 0 bridgehead atoms. The second-order valence-corrected chi connectivity index (χ2v) is 11.3. The lowest BCUT2D eigenvalue weighted by atomic mass is 10.0. The third kappa shape index (κ3) is 5.83. The first-order valence-electron chi connectivity index (χ1n) is 9.75. The van der Waals surface area contributed by atoms with Crippen LogP contribution in [0.2, 0.25) is 0 Å². The van der Waals surface area contributed by atoms with E-state index in [0.717, 1.165) is 36.7 Å². The third-order valence-corrected chi connectivity index (χ3v) is 7.68. The molecule has 0 radical (unpaired) electrons. The molecule has 0 N–H and O–H groups in total. The SMILES string of the molecule is CC(C)(C)S(=O)(=O)Cc1ccc(CCc2cccc(OCC3CC3)c2)cc1. The topological polar surface area (TPSA) is 43.4 Å². The van der Waals surface area contributed by atoms with E-state index in [4.69, 9.17) is 4.74 Å². The van der Waals surface area contributed by atoms with Crippen LogP contribution in [0.1, 0.15) is 50.3 Å². The summed E-state index contributed by atoms with van der Waals surface area (Å²) < 4.78 is 29.8. The van der Waals surface area contributed by atoms with Crippen LogP contribution in [0.4, 0.5) is 0 Å². The number of benzene rings is 2. The Kier molecular flexibility index (Phi) is 5.95. The molecular weight excluding hydrogens is 356 g/mol. The fraction of sp³-hybridized carbons (Fsp3) is 0.478. The summed E-state index contributed by atoms with van der Waals surface area (Å²) in [6.45, 7) is 6.08. The van der Waals surface area contributed by atoms with Crippen molar-refractivity contribution in [2.45, 2.75) is 57.0 Å². The molecule has 0 aromatic heterocycles. The molecule has 0 unspecified atom stereocenters. The van der Waals surface area contributed by atoms with Crippen molar-refractivity contribution in [3.05, 3.63) is 65.2 Å². The molecule has 2 aromatic rings. The Morgan fingerprint density at radius 3 is 2.19 bits per heavy atom. The first kappa shape index (κ1) is 19.9. The fourth-order valence-corrected chi connectivity index (χ4v) is 3.88. The number of aryl methyl sites for hydroxylation is 2. The van der Waals surface area contributed by atoms with Crippen LogP contribution in [-0.2, 0) is 28.4 Å². The number of ether oxygens (including phenoxy) is 1. The lowest BCUT2D eigenvalue weighted by Gasteiger charge is -2.19. The fourth-order valence-electron chi connectivity index (χ4n) is 2.82. The third-order valence-electron chi connectivity index (χ3n) is 5.10. The summed E-state index contributed by atoms with van der Waals surface area (Å²) in [5.41, 5.74) is 3.34. The molecule has 0 atom stereocenters. The van der Waals surface area contributed by atoms with Crippen molar-refractivity contribution in [2.24, 2.45) is 5.92 Å². The molecule has 1 saturated carbocycles. The van der Waals surface area contributed by atoms with E-state index in [1.807, 2.05) is 30.3 Å². The van der Waals surface area contributed by atoms with Gasteiger partial charge in [-0.1, -0.05) is 36.4 Å². The standard InChI is InChI=1S/C23H30O3S/c1-23(2,3)27(24,25)17-21-13-8-18(9-14-21)7-10-19-5-4-6-22(15-19)26-16-20-11-12-20/h4-6,8-9,13-15,20H,7,10-12,16-17H2,1-3H3. The molecule has 27 heavy (non-hydrogen) atoms. The van der Waals surface area contributed by atoms with Crippen molar-refractivity contribution in [1.82, 2.24) is 0 Å². The Hall–Kier alpha value is -1.81. The molecule has 0 aliphatic heterocycles. The maximum atomic E-state index is 12.3. The number of hydrogen-bond acceptors (Lipinski definition) is 3. The monoisotopic (exact) mass is 386 g/mol. The summed E-state index contributed by atoms with van der Waals surface area (Å²) in [4.78, 5) is 0. The molecule has 1 aliphatic rings. The number of hydrogen-bond donors (Lipinski definition) is 0. The highest BCUT2D eigenvalue weighted by atomic mass is 32.2. The summed E-state index contributed by atoms with van der Waals surface area (Å²) in [6, 6.07) is 16.3. The van der Waals surface area contributed by atoms with E-state index in [0.29, 0.717) is 0 Å². The second-order valence-electron chi connectivity index (χ2n) is 8.59. The summed E-state index contributed by atoms with van der Waals surface area (Å²) in [7, 11) is -3.14. The summed E-state index contributed by atoms with van der Waals surface area (Å²) in [5, 5.41) is 0. The largest absolute Gasteiger partial charge is 0.493 e. The molecule has 3 nitrogen and oxygen atoms in total. The van der Waals surface area contributed by atoms with Crippen LogP contribution in [0.3, 0.4) is 0 Å². The van der Waals surface area contributed by atoms with Gasteiger partial charge < -0.3 is 4.74 Å². The highest BCUT2D eigenvalue weighted by Crippen LogP contribution is 2.29. The molecule has 146 valence electrons. The molecule has 1 aliphatic carbocycles. The van der Waals surface area contributed by atoms with Gasteiger partial charge in [0.15, 0.2) is 9.84 Å². The average molecular weight is 387 g/mol. The second kappa shape index (κ2) is 8.05. The van der Waals surface area contributed by atoms with E-state index in [-0.39, 0.29) is 5.75 Å². The summed E-state index contributed by atoms with van der Waals surface area (Å²) >= 11 is 0. The predicted molar refractivity (Wildman–Crippen MR) is 111 cm³/mol. The van der Waals surface area contributed by atoms with E-state index in [1.165, 1.54) is 24.0 Å². The molecular formula is C23H30O3S. The zero-order valence-corrected chi connectivity index (χ0v) is 17.4.